The standard InChI is InChI=1S/C40H49FN8O3/c1-25(2)48-24-43-33-22-32(45-36(35(33)48)44-31-11-14-42-23-30(31)41)26-9-10-29-34(19-26)49(28-20-27(21-28)46-15-7-6-8-16-46)38(51)40(29)12-17-47(18-13-40)37(50)39(3,4)52-5/h9-11,14,19,22-25,27-28H,6-8,12-13,15-18,20-21H2,1-5H3,(H,42,44,45). The Kier molecular flexibility index (Phi) is 8.81. The molecule has 6 heterocycles. The quantitative estimate of drug-likeness (QED) is 0.218. The number of methoxy groups -OCH3 is 1. The summed E-state index contributed by atoms with van der Waals surface area (Å²) in [5.74, 6) is 0.114. The second kappa shape index (κ2) is 13.2. The van der Waals surface area contributed by atoms with E-state index in [4.69, 9.17) is 14.7 Å². The maximum atomic E-state index is 14.9. The van der Waals surface area contributed by atoms with Crippen LogP contribution in [0, 0.1) is 5.82 Å². The SMILES string of the molecule is COC(C)(C)C(=O)N1CCC2(CC1)C(=O)N(C1CC(N3CCCCC3)C1)c1cc(-c3cc4ncn(C(C)C)c4c(Nc4ccncc4F)n3)ccc12. The van der Waals surface area contributed by atoms with E-state index in [1.807, 2.05) is 21.6 Å². The number of benzene rings is 1. The van der Waals surface area contributed by atoms with Crippen LogP contribution in [0.4, 0.5) is 21.6 Å². The van der Waals surface area contributed by atoms with Gasteiger partial charge in [0.05, 0.1) is 34.8 Å². The number of aromatic nitrogens is 4. The van der Waals surface area contributed by atoms with Gasteiger partial charge in [-0.1, -0.05) is 18.6 Å². The number of imidazole rings is 1. The van der Waals surface area contributed by atoms with Gasteiger partial charge in [0.15, 0.2) is 11.6 Å². The summed E-state index contributed by atoms with van der Waals surface area (Å²) in [4.78, 5) is 48.5. The van der Waals surface area contributed by atoms with Crippen LogP contribution in [0.1, 0.15) is 84.2 Å². The van der Waals surface area contributed by atoms with Gasteiger partial charge in [0.25, 0.3) is 5.91 Å². The number of hydrogen-bond acceptors (Lipinski definition) is 8. The van der Waals surface area contributed by atoms with E-state index in [0.29, 0.717) is 43.5 Å². The maximum absolute atomic E-state index is 14.9. The number of nitrogens with zero attached hydrogens (tertiary/aromatic N) is 7. The Balaban J connectivity index is 1.17. The summed E-state index contributed by atoms with van der Waals surface area (Å²) < 4.78 is 22.4. The van der Waals surface area contributed by atoms with Crippen molar-refractivity contribution in [2.45, 2.75) is 102 Å². The number of hydrogen-bond donors (Lipinski definition) is 1. The van der Waals surface area contributed by atoms with Crippen LogP contribution in [0.2, 0.25) is 0 Å². The fourth-order valence-electron chi connectivity index (χ4n) is 8.80. The molecule has 1 aromatic carbocycles. The molecule has 3 fully saturated rings. The Morgan fingerprint density at radius 2 is 1.79 bits per heavy atom. The summed E-state index contributed by atoms with van der Waals surface area (Å²) in [6.07, 6.45) is 11.3. The molecule has 4 aromatic rings. The van der Waals surface area contributed by atoms with Crippen molar-refractivity contribution in [1.82, 2.24) is 29.3 Å². The van der Waals surface area contributed by atoms with Crippen molar-refractivity contribution in [3.05, 3.63) is 60.4 Å². The van der Waals surface area contributed by atoms with E-state index in [0.717, 1.165) is 53.8 Å². The van der Waals surface area contributed by atoms with Gasteiger partial charge in [-0.2, -0.15) is 0 Å². The van der Waals surface area contributed by atoms with Gasteiger partial charge >= 0.3 is 0 Å². The van der Waals surface area contributed by atoms with E-state index in [-0.39, 0.29) is 29.6 Å². The second-order valence-electron chi connectivity index (χ2n) is 15.8. The number of piperidine rings is 2. The first-order chi connectivity index (χ1) is 25.0. The van der Waals surface area contributed by atoms with E-state index in [1.54, 1.807) is 39.5 Å². The lowest BCUT2D eigenvalue weighted by Crippen LogP contribution is -2.59. The summed E-state index contributed by atoms with van der Waals surface area (Å²) in [7, 11) is 1.56. The maximum Gasteiger partial charge on any atom is 0.254 e. The van der Waals surface area contributed by atoms with Gasteiger partial charge in [-0.3, -0.25) is 14.6 Å². The first kappa shape index (κ1) is 34.7. The molecular weight excluding hydrogens is 659 g/mol. The van der Waals surface area contributed by atoms with E-state index >= 15 is 0 Å². The van der Waals surface area contributed by atoms with Crippen molar-refractivity contribution in [3.63, 3.8) is 0 Å². The Hall–Kier alpha value is -4.42. The van der Waals surface area contributed by atoms with Crippen LogP contribution in [0.5, 0.6) is 0 Å². The molecule has 274 valence electrons. The monoisotopic (exact) mass is 708 g/mol. The van der Waals surface area contributed by atoms with Crippen LogP contribution >= 0.6 is 0 Å². The number of rotatable bonds is 8. The van der Waals surface area contributed by atoms with Gasteiger partial charge in [-0.15, -0.1) is 0 Å². The molecule has 52 heavy (non-hydrogen) atoms. The number of nitrogens with one attached hydrogen (secondary N) is 1. The fourth-order valence-corrected chi connectivity index (χ4v) is 8.80. The minimum Gasteiger partial charge on any atom is -0.369 e. The van der Waals surface area contributed by atoms with Gasteiger partial charge in [0.2, 0.25) is 5.91 Å². The summed E-state index contributed by atoms with van der Waals surface area (Å²) >= 11 is 0. The van der Waals surface area contributed by atoms with Crippen LogP contribution in [-0.4, -0.2) is 92.1 Å². The highest BCUT2D eigenvalue weighted by Crippen LogP contribution is 2.52. The van der Waals surface area contributed by atoms with E-state index in [1.165, 1.54) is 25.5 Å². The molecule has 1 spiro atoms. The van der Waals surface area contributed by atoms with Crippen LogP contribution in [-0.2, 0) is 19.7 Å². The zero-order valence-electron chi connectivity index (χ0n) is 30.9. The van der Waals surface area contributed by atoms with E-state index in [2.05, 4.69) is 46.1 Å². The van der Waals surface area contributed by atoms with Gasteiger partial charge in [0, 0.05) is 55.8 Å². The molecule has 4 aliphatic rings. The third-order valence-electron chi connectivity index (χ3n) is 12.1. The van der Waals surface area contributed by atoms with Crippen molar-refractivity contribution >= 4 is 40.0 Å². The number of anilines is 3. The smallest absolute Gasteiger partial charge is 0.254 e. The number of fused-ring (bicyclic) bond motifs is 3. The number of halogens is 1. The van der Waals surface area contributed by atoms with Crippen molar-refractivity contribution in [1.29, 1.82) is 0 Å². The fraction of sp³-hybridized carbons (Fsp3) is 0.525. The average Bonchev–Trinajstić information content (AvgIpc) is 3.67. The molecule has 0 atom stereocenters. The Morgan fingerprint density at radius 1 is 1.04 bits per heavy atom. The largest absolute Gasteiger partial charge is 0.369 e. The Bertz CT molecular complexity index is 2010. The minimum absolute atomic E-state index is 0.0523. The molecule has 12 heteroatoms. The van der Waals surface area contributed by atoms with Gasteiger partial charge in [0.1, 0.15) is 11.1 Å². The van der Waals surface area contributed by atoms with Crippen LogP contribution in [0.15, 0.2) is 49.1 Å². The normalized spacial score (nSPS) is 21.9. The topological polar surface area (TPSA) is 109 Å². The third kappa shape index (κ3) is 5.74. The molecule has 0 unspecified atom stereocenters. The van der Waals surface area contributed by atoms with E-state index in [9.17, 15) is 14.0 Å². The number of carbonyl (C=O) groups excluding carboxylic acids is 2. The Morgan fingerprint density at radius 3 is 2.48 bits per heavy atom. The molecule has 2 amide bonds. The van der Waals surface area contributed by atoms with Gasteiger partial charge in [-0.25, -0.2) is 14.4 Å². The molecular formula is C40H49FN8O3. The number of amides is 2. The number of pyridine rings is 2. The third-order valence-corrected chi connectivity index (χ3v) is 12.1. The number of carbonyl (C=O) groups is 2. The van der Waals surface area contributed by atoms with Gasteiger partial charge in [-0.05, 0) is 103 Å². The first-order valence-corrected chi connectivity index (χ1v) is 18.8. The summed E-state index contributed by atoms with van der Waals surface area (Å²) in [6.45, 7) is 11.0. The predicted molar refractivity (Wildman–Crippen MR) is 199 cm³/mol. The van der Waals surface area contributed by atoms with Crippen LogP contribution < -0.4 is 10.2 Å². The van der Waals surface area contributed by atoms with E-state index < -0.39 is 16.8 Å². The van der Waals surface area contributed by atoms with Crippen molar-refractivity contribution in [2.24, 2.45) is 0 Å². The molecule has 0 bridgehead atoms. The highest BCUT2D eigenvalue weighted by Gasteiger charge is 2.56. The average molecular weight is 709 g/mol. The summed E-state index contributed by atoms with van der Waals surface area (Å²) in [5, 5.41) is 3.22. The lowest BCUT2D eigenvalue weighted by molar-refractivity contribution is -0.153. The molecule has 8 rings (SSSR count). The van der Waals surface area contributed by atoms with Crippen molar-refractivity contribution < 1.29 is 18.7 Å². The highest BCUT2D eigenvalue weighted by atomic mass is 19.1. The first-order valence-electron chi connectivity index (χ1n) is 18.8. The summed E-state index contributed by atoms with van der Waals surface area (Å²) in [5.41, 5.74) is 3.67. The Labute approximate surface area is 304 Å². The lowest BCUT2D eigenvalue weighted by Gasteiger charge is -2.48. The molecule has 2 saturated heterocycles. The number of likely N-dealkylation sites (tertiary alicyclic amines) is 2. The van der Waals surface area contributed by atoms with Crippen LogP contribution in [0.3, 0.4) is 0 Å². The molecule has 0 radical (unpaired) electrons. The van der Waals surface area contributed by atoms with Crippen LogP contribution in [0.25, 0.3) is 22.3 Å². The molecule has 1 aliphatic carbocycles. The zero-order chi connectivity index (χ0) is 36.4. The molecule has 11 nitrogen and oxygen atoms in total. The van der Waals surface area contributed by atoms with Gasteiger partial charge < -0.3 is 29.3 Å². The van der Waals surface area contributed by atoms with Crippen molar-refractivity contribution in [2.75, 3.05) is 43.5 Å². The molecule has 1 saturated carbocycles. The highest BCUT2D eigenvalue weighted by molar-refractivity contribution is 6.09. The zero-order valence-corrected chi connectivity index (χ0v) is 30.9. The second-order valence-corrected chi connectivity index (χ2v) is 15.8. The van der Waals surface area contributed by atoms with Crippen molar-refractivity contribution in [3.8, 4) is 11.3 Å². The molecule has 3 aromatic heterocycles. The minimum atomic E-state index is -0.922. The lowest BCUT2D eigenvalue weighted by atomic mass is 9.73. The number of ether oxygens (including phenoxy) is 1. The molecule has 1 N–H and O–H groups in total. The summed E-state index contributed by atoms with van der Waals surface area (Å²) in [6, 6.07) is 10.6. The predicted octanol–water partition coefficient (Wildman–Crippen LogP) is 6.61. The molecule has 3 aliphatic heterocycles.